The zero-order valence-corrected chi connectivity index (χ0v) is 11.4. The summed E-state index contributed by atoms with van der Waals surface area (Å²) in [6.45, 7) is 6.38. The maximum atomic E-state index is 9.43. The fourth-order valence-corrected chi connectivity index (χ4v) is 1.19. The molecule has 1 atom stereocenters. The second-order valence-corrected chi connectivity index (χ2v) is 4.15. The van der Waals surface area contributed by atoms with Crippen LogP contribution in [-0.2, 0) is 4.79 Å². The summed E-state index contributed by atoms with van der Waals surface area (Å²) < 4.78 is 0. The lowest BCUT2D eigenvalue weighted by Gasteiger charge is -2.16. The highest BCUT2D eigenvalue weighted by molar-refractivity contribution is 5.45. The van der Waals surface area contributed by atoms with Gasteiger partial charge in [-0.25, -0.2) is 0 Å². The van der Waals surface area contributed by atoms with Crippen molar-refractivity contribution in [2.45, 2.75) is 13.0 Å². The van der Waals surface area contributed by atoms with Crippen LogP contribution in [0.2, 0.25) is 0 Å². The summed E-state index contributed by atoms with van der Waals surface area (Å²) in [6, 6.07) is 10.5. The van der Waals surface area contributed by atoms with Crippen LogP contribution in [0.1, 0.15) is 18.5 Å². The summed E-state index contributed by atoms with van der Waals surface area (Å²) in [7, 11) is 3.38. The number of amides is 1. The molecule has 1 amide bonds. The molecule has 0 radical (unpaired) electrons. The largest absolute Gasteiger partial charge is 0.381 e. The Morgan fingerprint density at radius 3 is 2.33 bits per heavy atom. The van der Waals surface area contributed by atoms with Crippen LogP contribution < -0.4 is 11.1 Å². The van der Waals surface area contributed by atoms with E-state index < -0.39 is 0 Å². The summed E-state index contributed by atoms with van der Waals surface area (Å²) >= 11 is 0. The van der Waals surface area contributed by atoms with Crippen LogP contribution in [-0.4, -0.2) is 32.0 Å². The van der Waals surface area contributed by atoms with Gasteiger partial charge in [0.25, 0.3) is 0 Å². The van der Waals surface area contributed by atoms with Crippen molar-refractivity contribution in [3.05, 3.63) is 48.2 Å². The Morgan fingerprint density at radius 2 is 1.94 bits per heavy atom. The molecule has 0 aliphatic rings. The average molecular weight is 249 g/mol. The Labute approximate surface area is 109 Å². The first-order chi connectivity index (χ1) is 8.51. The minimum absolute atomic E-state index is 0.275. The highest BCUT2D eigenvalue weighted by Crippen LogP contribution is 2.11. The van der Waals surface area contributed by atoms with Gasteiger partial charge in [-0.05, 0) is 12.5 Å². The maximum absolute atomic E-state index is 9.43. The monoisotopic (exact) mass is 249 g/mol. The van der Waals surface area contributed by atoms with Crippen molar-refractivity contribution >= 4 is 6.41 Å². The van der Waals surface area contributed by atoms with Crippen molar-refractivity contribution < 1.29 is 4.79 Å². The molecule has 4 heteroatoms. The molecule has 0 aromatic heterocycles. The number of carbonyl (C=O) groups is 1. The van der Waals surface area contributed by atoms with Gasteiger partial charge in [-0.1, -0.05) is 36.9 Å². The van der Waals surface area contributed by atoms with Gasteiger partial charge in [-0.3, -0.25) is 4.79 Å². The van der Waals surface area contributed by atoms with Gasteiger partial charge in [0.15, 0.2) is 0 Å². The minimum atomic E-state index is 0.275. The lowest BCUT2D eigenvalue weighted by atomic mass is 10.1. The summed E-state index contributed by atoms with van der Waals surface area (Å²) in [6.07, 6.45) is 0.750. The van der Waals surface area contributed by atoms with E-state index in [1.54, 1.807) is 14.1 Å². The van der Waals surface area contributed by atoms with E-state index in [9.17, 15) is 4.79 Å². The third-order valence-electron chi connectivity index (χ3n) is 2.18. The Balaban J connectivity index is 0.000000494. The maximum Gasteiger partial charge on any atom is 0.209 e. The minimum Gasteiger partial charge on any atom is -0.381 e. The standard InChI is InChI=1S/C11H16N2.C3H7NO/c1-9(8-12)13-10(2)11-6-4-3-5-7-11;1-4(2)3-5/h3-7,10,13H,1,8,12H2,2H3;3H,1-2H3/t10-;/m1./s1. The Hall–Kier alpha value is -1.81. The van der Waals surface area contributed by atoms with E-state index in [0.717, 1.165) is 12.1 Å². The Bertz CT molecular complexity index is 349. The molecule has 0 spiro atoms. The zero-order chi connectivity index (χ0) is 14.0. The number of hydrogen-bond acceptors (Lipinski definition) is 3. The van der Waals surface area contributed by atoms with Crippen LogP contribution in [0.3, 0.4) is 0 Å². The summed E-state index contributed by atoms with van der Waals surface area (Å²) in [5, 5.41) is 3.23. The first-order valence-corrected chi connectivity index (χ1v) is 5.82. The first-order valence-electron chi connectivity index (χ1n) is 5.82. The molecule has 0 aliphatic carbocycles. The first kappa shape index (κ1) is 16.2. The van der Waals surface area contributed by atoms with Crippen molar-refractivity contribution in [3.63, 3.8) is 0 Å². The SMILES string of the molecule is C=C(CN)N[C@H](C)c1ccccc1.CN(C)C=O. The van der Waals surface area contributed by atoms with E-state index in [1.165, 1.54) is 10.5 Å². The molecule has 18 heavy (non-hydrogen) atoms. The molecule has 1 aromatic rings. The molecule has 0 bridgehead atoms. The third-order valence-corrected chi connectivity index (χ3v) is 2.18. The number of carbonyl (C=O) groups excluding carboxylic acids is 1. The van der Waals surface area contributed by atoms with E-state index in [-0.39, 0.29) is 6.04 Å². The highest BCUT2D eigenvalue weighted by Gasteiger charge is 2.03. The van der Waals surface area contributed by atoms with E-state index in [4.69, 9.17) is 5.73 Å². The number of benzene rings is 1. The molecule has 0 aliphatic heterocycles. The smallest absolute Gasteiger partial charge is 0.209 e. The molecule has 3 N–H and O–H groups in total. The number of nitrogens with one attached hydrogen (secondary N) is 1. The lowest BCUT2D eigenvalue weighted by molar-refractivity contribution is -0.115. The van der Waals surface area contributed by atoms with E-state index in [1.807, 2.05) is 18.2 Å². The quantitative estimate of drug-likeness (QED) is 0.778. The van der Waals surface area contributed by atoms with Crippen LogP contribution in [0.5, 0.6) is 0 Å². The fraction of sp³-hybridized carbons (Fsp3) is 0.357. The topological polar surface area (TPSA) is 58.4 Å². The highest BCUT2D eigenvalue weighted by atomic mass is 16.1. The van der Waals surface area contributed by atoms with Crippen molar-refractivity contribution in [1.29, 1.82) is 0 Å². The Morgan fingerprint density at radius 1 is 1.44 bits per heavy atom. The van der Waals surface area contributed by atoms with E-state index in [2.05, 4.69) is 31.0 Å². The van der Waals surface area contributed by atoms with Crippen molar-refractivity contribution in [3.8, 4) is 0 Å². The number of nitrogens with zero attached hydrogens (tertiary/aromatic N) is 1. The van der Waals surface area contributed by atoms with Gasteiger partial charge in [0, 0.05) is 32.4 Å². The molecule has 0 unspecified atom stereocenters. The number of rotatable bonds is 5. The van der Waals surface area contributed by atoms with Crippen LogP contribution in [0, 0.1) is 0 Å². The molecule has 0 fully saturated rings. The fourth-order valence-electron chi connectivity index (χ4n) is 1.19. The van der Waals surface area contributed by atoms with Gasteiger partial charge in [-0.2, -0.15) is 0 Å². The van der Waals surface area contributed by atoms with Gasteiger partial charge in [-0.15, -0.1) is 0 Å². The van der Waals surface area contributed by atoms with Gasteiger partial charge in [0.1, 0.15) is 0 Å². The van der Waals surface area contributed by atoms with Gasteiger partial charge < -0.3 is 16.0 Å². The van der Waals surface area contributed by atoms with Crippen molar-refractivity contribution in [2.24, 2.45) is 5.73 Å². The van der Waals surface area contributed by atoms with Gasteiger partial charge >= 0.3 is 0 Å². The summed E-state index contributed by atoms with van der Waals surface area (Å²) in [5.74, 6) is 0. The summed E-state index contributed by atoms with van der Waals surface area (Å²) in [4.78, 5) is 10.9. The molecule has 0 heterocycles. The van der Waals surface area contributed by atoms with Gasteiger partial charge in [0.05, 0.1) is 0 Å². The van der Waals surface area contributed by atoms with Crippen LogP contribution >= 0.6 is 0 Å². The number of nitrogens with two attached hydrogens (primary N) is 1. The normalized spacial score (nSPS) is 10.7. The van der Waals surface area contributed by atoms with E-state index >= 15 is 0 Å². The Kier molecular flexibility index (Phi) is 8.31. The molecule has 0 saturated heterocycles. The average Bonchev–Trinajstić information content (AvgIpc) is 2.40. The summed E-state index contributed by atoms with van der Waals surface area (Å²) in [5.41, 5.74) is 7.56. The van der Waals surface area contributed by atoms with Crippen LogP contribution in [0.15, 0.2) is 42.6 Å². The van der Waals surface area contributed by atoms with Crippen LogP contribution in [0.25, 0.3) is 0 Å². The van der Waals surface area contributed by atoms with E-state index in [0.29, 0.717) is 6.54 Å². The van der Waals surface area contributed by atoms with Crippen LogP contribution in [0.4, 0.5) is 0 Å². The second kappa shape index (κ2) is 9.24. The molecule has 1 rings (SSSR count). The zero-order valence-electron chi connectivity index (χ0n) is 11.4. The second-order valence-electron chi connectivity index (χ2n) is 4.15. The molecular formula is C14H23N3O. The van der Waals surface area contributed by atoms with Crippen molar-refractivity contribution in [2.75, 3.05) is 20.6 Å². The molecule has 100 valence electrons. The molecular weight excluding hydrogens is 226 g/mol. The molecule has 0 saturated carbocycles. The predicted octanol–water partition coefficient (Wildman–Crippen LogP) is 1.51. The number of hydrogen-bond donors (Lipinski definition) is 2. The van der Waals surface area contributed by atoms with Gasteiger partial charge in [0.2, 0.25) is 6.41 Å². The molecule has 4 nitrogen and oxygen atoms in total. The van der Waals surface area contributed by atoms with Crippen molar-refractivity contribution in [1.82, 2.24) is 10.2 Å². The molecule has 1 aromatic carbocycles. The predicted molar refractivity (Wildman–Crippen MR) is 75.9 cm³/mol. The third kappa shape index (κ3) is 7.46. The lowest BCUT2D eigenvalue weighted by Crippen LogP contribution is -2.22.